The molecule has 148 valence electrons. The number of amides is 1. The number of hydrogen-bond acceptors (Lipinski definition) is 3. The highest BCUT2D eigenvalue weighted by atomic mass is 16.5. The molecule has 28 heavy (non-hydrogen) atoms. The van der Waals surface area contributed by atoms with Gasteiger partial charge in [0.2, 0.25) is 5.78 Å². The summed E-state index contributed by atoms with van der Waals surface area (Å²) in [4.78, 5) is 26.4. The largest absolute Gasteiger partial charge is 0.375 e. The van der Waals surface area contributed by atoms with E-state index in [1.54, 1.807) is 4.90 Å². The second kappa shape index (κ2) is 9.65. The molecule has 2 aromatic rings. The first-order valence-electron chi connectivity index (χ1n) is 10.1. The molecule has 0 aliphatic carbocycles. The Bertz CT molecular complexity index is 733. The molecular formula is C24H29NO3. The van der Waals surface area contributed by atoms with Crippen molar-refractivity contribution < 1.29 is 14.3 Å². The maximum absolute atomic E-state index is 12.5. The number of nitrogens with zero attached hydrogens (tertiary/aromatic N) is 1. The van der Waals surface area contributed by atoms with E-state index in [1.165, 1.54) is 11.1 Å². The van der Waals surface area contributed by atoms with Gasteiger partial charge in [-0.3, -0.25) is 9.59 Å². The second-order valence-electron chi connectivity index (χ2n) is 7.87. The molecule has 0 N–H and O–H groups in total. The number of carbonyl (C=O) groups excluding carboxylic acids is 2. The zero-order valence-corrected chi connectivity index (χ0v) is 16.7. The zero-order chi connectivity index (χ0) is 19.9. The number of carbonyl (C=O) groups is 2. The Hall–Kier alpha value is -2.46. The van der Waals surface area contributed by atoms with Gasteiger partial charge >= 0.3 is 0 Å². The van der Waals surface area contributed by atoms with Gasteiger partial charge in [-0.05, 0) is 23.5 Å². The molecule has 0 radical (unpaired) electrons. The summed E-state index contributed by atoms with van der Waals surface area (Å²) in [5.41, 5.74) is 2.47. The van der Waals surface area contributed by atoms with Gasteiger partial charge < -0.3 is 9.64 Å². The van der Waals surface area contributed by atoms with Gasteiger partial charge in [0.05, 0.1) is 12.7 Å². The number of morpholine rings is 1. The normalized spacial score (nSPS) is 17.1. The molecule has 1 amide bonds. The average Bonchev–Trinajstić information content (AvgIpc) is 2.72. The van der Waals surface area contributed by atoms with Gasteiger partial charge in [0.15, 0.2) is 0 Å². The average molecular weight is 380 g/mol. The highest BCUT2D eigenvalue weighted by molar-refractivity contribution is 6.36. The van der Waals surface area contributed by atoms with Crippen LogP contribution in [0.1, 0.15) is 43.7 Å². The van der Waals surface area contributed by atoms with Crippen LogP contribution < -0.4 is 0 Å². The van der Waals surface area contributed by atoms with Crippen molar-refractivity contribution >= 4 is 11.7 Å². The van der Waals surface area contributed by atoms with Crippen molar-refractivity contribution in [3.05, 3.63) is 71.8 Å². The van der Waals surface area contributed by atoms with E-state index in [1.807, 2.05) is 50.2 Å². The van der Waals surface area contributed by atoms with E-state index in [0.29, 0.717) is 26.1 Å². The number of rotatable bonds is 7. The Morgan fingerprint density at radius 1 is 1.00 bits per heavy atom. The van der Waals surface area contributed by atoms with Crippen LogP contribution in [0.4, 0.5) is 0 Å². The highest BCUT2D eigenvalue weighted by Gasteiger charge is 2.30. The first kappa shape index (κ1) is 20.3. The fourth-order valence-corrected chi connectivity index (χ4v) is 3.78. The molecule has 2 aromatic carbocycles. The van der Waals surface area contributed by atoms with Gasteiger partial charge in [-0.15, -0.1) is 0 Å². The second-order valence-corrected chi connectivity index (χ2v) is 7.87. The van der Waals surface area contributed by atoms with Gasteiger partial charge in [0.1, 0.15) is 0 Å². The summed E-state index contributed by atoms with van der Waals surface area (Å²) < 4.78 is 5.99. The van der Waals surface area contributed by atoms with Gasteiger partial charge in [0, 0.05) is 25.4 Å². The molecule has 0 spiro atoms. The third kappa shape index (κ3) is 5.29. The van der Waals surface area contributed by atoms with Crippen LogP contribution in [0, 0.1) is 5.92 Å². The first-order chi connectivity index (χ1) is 13.5. The summed E-state index contributed by atoms with van der Waals surface area (Å²) in [6.45, 7) is 5.34. The lowest BCUT2D eigenvalue weighted by atomic mass is 9.86. The number of ether oxygens (including phenoxy) is 1. The molecule has 0 saturated carbocycles. The fourth-order valence-electron chi connectivity index (χ4n) is 3.78. The molecule has 0 unspecified atom stereocenters. The zero-order valence-electron chi connectivity index (χ0n) is 16.7. The minimum absolute atomic E-state index is 0.0880. The number of benzene rings is 2. The Kier molecular flexibility index (Phi) is 6.99. The minimum Gasteiger partial charge on any atom is -0.375 e. The Labute approximate surface area is 167 Å². The first-order valence-corrected chi connectivity index (χ1v) is 10.1. The van der Waals surface area contributed by atoms with E-state index in [9.17, 15) is 9.59 Å². The summed E-state index contributed by atoms with van der Waals surface area (Å²) in [6, 6.07) is 20.8. The molecule has 1 fully saturated rings. The van der Waals surface area contributed by atoms with Crippen LogP contribution in [-0.4, -0.2) is 42.4 Å². The monoisotopic (exact) mass is 379 g/mol. The van der Waals surface area contributed by atoms with E-state index >= 15 is 0 Å². The molecule has 1 atom stereocenters. The molecule has 3 rings (SSSR count). The van der Waals surface area contributed by atoms with Crippen LogP contribution in [0.2, 0.25) is 0 Å². The van der Waals surface area contributed by atoms with Crippen molar-refractivity contribution in [2.75, 3.05) is 19.7 Å². The van der Waals surface area contributed by atoms with E-state index in [2.05, 4.69) is 24.3 Å². The van der Waals surface area contributed by atoms with E-state index in [0.717, 1.165) is 6.42 Å². The minimum atomic E-state index is -0.363. The Morgan fingerprint density at radius 3 is 2.11 bits per heavy atom. The molecular weight excluding hydrogens is 350 g/mol. The molecule has 1 heterocycles. The smallest absolute Gasteiger partial charge is 0.290 e. The third-order valence-electron chi connectivity index (χ3n) is 5.16. The van der Waals surface area contributed by atoms with Crippen molar-refractivity contribution in [2.45, 2.75) is 38.7 Å². The lowest BCUT2D eigenvalue weighted by Crippen LogP contribution is -2.48. The van der Waals surface area contributed by atoms with Crippen molar-refractivity contribution in [1.29, 1.82) is 0 Å². The Balaban J connectivity index is 1.72. The summed E-state index contributed by atoms with van der Waals surface area (Å²) in [5, 5.41) is 0. The predicted molar refractivity (Wildman–Crippen MR) is 110 cm³/mol. The molecule has 1 aliphatic heterocycles. The van der Waals surface area contributed by atoms with Crippen LogP contribution in [0.15, 0.2) is 60.7 Å². The quantitative estimate of drug-likeness (QED) is 0.682. The van der Waals surface area contributed by atoms with Crippen molar-refractivity contribution in [3.63, 3.8) is 0 Å². The molecule has 4 nitrogen and oxygen atoms in total. The standard InChI is InChI=1S/C24H29NO3/c1-18(2)15-23(26)24(27)25-13-14-28-21(17-25)16-22(19-9-5-3-6-10-19)20-11-7-4-8-12-20/h3-12,18,21-22H,13-17H2,1-2H3/t21-/m1/s1. The van der Waals surface area contributed by atoms with Crippen LogP contribution in [0.25, 0.3) is 0 Å². The SMILES string of the molecule is CC(C)CC(=O)C(=O)N1CCO[C@H](CC(c2ccccc2)c2ccccc2)C1. The highest BCUT2D eigenvalue weighted by Crippen LogP contribution is 2.31. The number of ketones is 1. The number of hydrogen-bond donors (Lipinski definition) is 0. The van der Waals surface area contributed by atoms with Gasteiger partial charge in [-0.2, -0.15) is 0 Å². The molecule has 1 saturated heterocycles. The molecule has 1 aliphatic rings. The fraction of sp³-hybridized carbons (Fsp3) is 0.417. The molecule has 0 aromatic heterocycles. The molecule has 4 heteroatoms. The summed E-state index contributed by atoms with van der Waals surface area (Å²) in [6.07, 6.45) is 0.989. The number of Topliss-reactive ketones (excluding diaryl/α,β-unsaturated/α-hetero) is 1. The van der Waals surface area contributed by atoms with Crippen LogP contribution in [0.5, 0.6) is 0 Å². The van der Waals surface area contributed by atoms with Crippen LogP contribution in [0.3, 0.4) is 0 Å². The van der Waals surface area contributed by atoms with E-state index < -0.39 is 0 Å². The van der Waals surface area contributed by atoms with E-state index in [4.69, 9.17) is 4.74 Å². The Morgan fingerprint density at radius 2 is 1.57 bits per heavy atom. The topological polar surface area (TPSA) is 46.6 Å². The van der Waals surface area contributed by atoms with Gasteiger partial charge in [0.25, 0.3) is 5.91 Å². The summed E-state index contributed by atoms with van der Waals surface area (Å²) in [5.74, 6) is -0.279. The van der Waals surface area contributed by atoms with Gasteiger partial charge in [-0.1, -0.05) is 74.5 Å². The maximum atomic E-state index is 12.5. The summed E-state index contributed by atoms with van der Waals surface area (Å²) in [7, 11) is 0. The molecule has 0 bridgehead atoms. The van der Waals surface area contributed by atoms with Crippen LogP contribution >= 0.6 is 0 Å². The van der Waals surface area contributed by atoms with Crippen molar-refractivity contribution in [2.24, 2.45) is 5.92 Å². The third-order valence-corrected chi connectivity index (χ3v) is 5.16. The lowest BCUT2D eigenvalue weighted by molar-refractivity contribution is -0.150. The summed E-state index contributed by atoms with van der Waals surface area (Å²) >= 11 is 0. The van der Waals surface area contributed by atoms with Gasteiger partial charge in [-0.25, -0.2) is 0 Å². The lowest BCUT2D eigenvalue weighted by Gasteiger charge is -2.34. The van der Waals surface area contributed by atoms with Crippen molar-refractivity contribution in [3.8, 4) is 0 Å². The van der Waals surface area contributed by atoms with E-state index in [-0.39, 0.29) is 29.6 Å². The van der Waals surface area contributed by atoms with Crippen molar-refractivity contribution in [1.82, 2.24) is 4.90 Å². The predicted octanol–water partition coefficient (Wildman–Crippen LogP) is 4.05. The maximum Gasteiger partial charge on any atom is 0.290 e. The van der Waals surface area contributed by atoms with Crippen LogP contribution in [-0.2, 0) is 14.3 Å².